The number of halogens is 1. The molecule has 0 aromatic carbocycles. The smallest absolute Gasteiger partial charge is 0.303 e. The summed E-state index contributed by atoms with van der Waals surface area (Å²) in [6, 6.07) is 2.18. The molecule has 1 aliphatic rings. The van der Waals surface area contributed by atoms with Crippen molar-refractivity contribution >= 4 is 33.2 Å². The zero-order valence-corrected chi connectivity index (χ0v) is 13.5. The molecule has 1 aromatic heterocycles. The molecule has 1 saturated heterocycles. The second-order valence-electron chi connectivity index (χ2n) is 5.44. The highest BCUT2D eigenvalue weighted by atomic mass is 79.9. The quantitative estimate of drug-likeness (QED) is 0.881. The molecular formula is C14H20BrNO2S. The Hall–Kier alpha value is -0.390. The number of aliphatic carboxylic acids is 1. The number of carboxylic acids is 1. The van der Waals surface area contributed by atoms with E-state index in [1.165, 1.54) is 17.7 Å². The highest BCUT2D eigenvalue weighted by molar-refractivity contribution is 9.10. The van der Waals surface area contributed by atoms with E-state index in [9.17, 15) is 4.79 Å². The molecule has 1 fully saturated rings. The first-order chi connectivity index (χ1) is 9.04. The summed E-state index contributed by atoms with van der Waals surface area (Å²) in [5.41, 5.74) is 0. The molecule has 2 atom stereocenters. The predicted octanol–water partition coefficient (Wildman–Crippen LogP) is 3.83. The monoisotopic (exact) mass is 345 g/mol. The van der Waals surface area contributed by atoms with Gasteiger partial charge in [-0.1, -0.05) is 6.92 Å². The average Bonchev–Trinajstić information content (AvgIpc) is 2.74. The van der Waals surface area contributed by atoms with Crippen molar-refractivity contribution in [1.29, 1.82) is 0 Å². The van der Waals surface area contributed by atoms with E-state index in [-0.39, 0.29) is 5.92 Å². The fourth-order valence-corrected chi connectivity index (χ4v) is 4.29. The number of rotatable bonds is 5. The molecule has 19 heavy (non-hydrogen) atoms. The predicted molar refractivity (Wildman–Crippen MR) is 81.4 cm³/mol. The number of piperidine rings is 1. The fraction of sp³-hybridized carbons (Fsp3) is 0.643. The summed E-state index contributed by atoms with van der Waals surface area (Å²) in [5.74, 6) is 0.121. The zero-order chi connectivity index (χ0) is 13.8. The summed E-state index contributed by atoms with van der Waals surface area (Å²) in [6.45, 7) is 5.23. The maximum Gasteiger partial charge on any atom is 0.303 e. The van der Waals surface area contributed by atoms with Crippen LogP contribution in [0.2, 0.25) is 0 Å². The van der Waals surface area contributed by atoms with Gasteiger partial charge in [0.2, 0.25) is 0 Å². The summed E-state index contributed by atoms with van der Waals surface area (Å²) in [6.07, 6.45) is 2.64. The summed E-state index contributed by atoms with van der Waals surface area (Å²) in [5, 5.41) is 11.0. The number of carbonyl (C=O) groups is 1. The molecule has 1 aliphatic heterocycles. The molecular weight excluding hydrogens is 326 g/mol. The summed E-state index contributed by atoms with van der Waals surface area (Å²) < 4.78 is 1.15. The topological polar surface area (TPSA) is 40.5 Å². The van der Waals surface area contributed by atoms with Gasteiger partial charge in [-0.3, -0.25) is 9.69 Å². The van der Waals surface area contributed by atoms with Crippen molar-refractivity contribution < 1.29 is 9.90 Å². The molecule has 5 heteroatoms. The van der Waals surface area contributed by atoms with E-state index in [4.69, 9.17) is 5.11 Å². The molecule has 2 rings (SSSR count). The lowest BCUT2D eigenvalue weighted by Crippen LogP contribution is -2.37. The maximum atomic E-state index is 10.8. The molecule has 0 aliphatic carbocycles. The zero-order valence-electron chi connectivity index (χ0n) is 11.1. The SMILES string of the molecule is CC(CC(=O)O)C1CCCN(Cc2cc(Br)cs2)C1. The van der Waals surface area contributed by atoms with Crippen LogP contribution in [0.25, 0.3) is 0 Å². The fourth-order valence-electron chi connectivity index (χ4n) is 2.80. The van der Waals surface area contributed by atoms with Gasteiger partial charge in [0, 0.05) is 34.2 Å². The van der Waals surface area contributed by atoms with Crippen LogP contribution < -0.4 is 0 Å². The number of hydrogen-bond donors (Lipinski definition) is 1. The van der Waals surface area contributed by atoms with Crippen molar-refractivity contribution in [3.05, 3.63) is 20.8 Å². The van der Waals surface area contributed by atoms with E-state index in [0.29, 0.717) is 12.3 Å². The molecule has 1 N–H and O–H groups in total. The number of nitrogens with zero attached hydrogens (tertiary/aromatic N) is 1. The van der Waals surface area contributed by atoms with Gasteiger partial charge in [0.15, 0.2) is 0 Å². The van der Waals surface area contributed by atoms with Gasteiger partial charge in [-0.05, 0) is 53.2 Å². The normalized spacial score (nSPS) is 22.3. The molecule has 1 aromatic rings. The third-order valence-corrected chi connectivity index (χ3v) is 5.53. The molecule has 2 unspecified atom stereocenters. The minimum atomic E-state index is -0.674. The summed E-state index contributed by atoms with van der Waals surface area (Å²) >= 11 is 5.27. The van der Waals surface area contributed by atoms with Gasteiger partial charge < -0.3 is 5.11 Å². The number of hydrogen-bond acceptors (Lipinski definition) is 3. The van der Waals surface area contributed by atoms with Crippen molar-refractivity contribution in [2.24, 2.45) is 11.8 Å². The van der Waals surface area contributed by atoms with E-state index in [2.05, 4.69) is 39.2 Å². The van der Waals surface area contributed by atoms with Gasteiger partial charge in [-0.15, -0.1) is 11.3 Å². The van der Waals surface area contributed by atoms with Crippen molar-refractivity contribution in [2.45, 2.75) is 32.7 Å². The van der Waals surface area contributed by atoms with Crippen molar-refractivity contribution in [2.75, 3.05) is 13.1 Å². The summed E-state index contributed by atoms with van der Waals surface area (Å²) in [7, 11) is 0. The van der Waals surface area contributed by atoms with Crippen LogP contribution in [0.15, 0.2) is 15.9 Å². The van der Waals surface area contributed by atoms with Crippen LogP contribution >= 0.6 is 27.3 Å². The highest BCUT2D eigenvalue weighted by Crippen LogP contribution is 2.28. The third kappa shape index (κ3) is 4.58. The van der Waals surface area contributed by atoms with E-state index < -0.39 is 5.97 Å². The Bertz CT molecular complexity index is 435. The Morgan fingerprint density at radius 1 is 1.68 bits per heavy atom. The second kappa shape index (κ2) is 6.86. The van der Waals surface area contributed by atoms with E-state index >= 15 is 0 Å². The van der Waals surface area contributed by atoms with E-state index in [0.717, 1.165) is 24.1 Å². The largest absolute Gasteiger partial charge is 0.481 e. The molecule has 0 bridgehead atoms. The minimum Gasteiger partial charge on any atom is -0.481 e. The second-order valence-corrected chi connectivity index (χ2v) is 7.36. The Morgan fingerprint density at radius 3 is 3.11 bits per heavy atom. The van der Waals surface area contributed by atoms with Gasteiger partial charge in [0.05, 0.1) is 0 Å². The highest BCUT2D eigenvalue weighted by Gasteiger charge is 2.26. The standard InChI is InChI=1S/C14H20BrNO2S/c1-10(5-14(17)18)11-3-2-4-16(7-11)8-13-6-12(15)9-19-13/h6,9-11H,2-5,7-8H2,1H3,(H,17,18). The molecule has 0 saturated carbocycles. The van der Waals surface area contributed by atoms with Crippen LogP contribution in [0.5, 0.6) is 0 Å². The number of carboxylic acid groups (broad SMARTS) is 1. The molecule has 106 valence electrons. The first-order valence-corrected chi connectivity index (χ1v) is 8.39. The van der Waals surface area contributed by atoms with Crippen LogP contribution in [0.1, 0.15) is 31.1 Å². The molecule has 0 radical (unpaired) electrons. The molecule has 2 heterocycles. The van der Waals surface area contributed by atoms with Gasteiger partial charge in [0.1, 0.15) is 0 Å². The van der Waals surface area contributed by atoms with Crippen LogP contribution in [0.4, 0.5) is 0 Å². The lowest BCUT2D eigenvalue weighted by Gasteiger charge is -2.35. The van der Waals surface area contributed by atoms with Crippen LogP contribution in [-0.4, -0.2) is 29.1 Å². The number of thiophene rings is 1. The number of likely N-dealkylation sites (tertiary alicyclic amines) is 1. The first kappa shape index (κ1) is 15.0. The third-order valence-electron chi connectivity index (χ3n) is 3.84. The van der Waals surface area contributed by atoms with Crippen LogP contribution in [0.3, 0.4) is 0 Å². The van der Waals surface area contributed by atoms with Crippen LogP contribution in [-0.2, 0) is 11.3 Å². The van der Waals surface area contributed by atoms with Crippen molar-refractivity contribution in [3.63, 3.8) is 0 Å². The van der Waals surface area contributed by atoms with Crippen molar-refractivity contribution in [3.8, 4) is 0 Å². The van der Waals surface area contributed by atoms with Gasteiger partial charge in [0.25, 0.3) is 0 Å². The van der Waals surface area contributed by atoms with E-state index in [1.54, 1.807) is 11.3 Å². The Labute approximate surface area is 126 Å². The first-order valence-electron chi connectivity index (χ1n) is 6.71. The lowest BCUT2D eigenvalue weighted by molar-refractivity contribution is -0.138. The minimum absolute atomic E-state index is 0.273. The lowest BCUT2D eigenvalue weighted by atomic mass is 9.84. The van der Waals surface area contributed by atoms with Gasteiger partial charge in [-0.25, -0.2) is 0 Å². The summed E-state index contributed by atoms with van der Waals surface area (Å²) in [4.78, 5) is 14.6. The van der Waals surface area contributed by atoms with Gasteiger partial charge in [-0.2, -0.15) is 0 Å². The van der Waals surface area contributed by atoms with Crippen molar-refractivity contribution in [1.82, 2.24) is 4.90 Å². The van der Waals surface area contributed by atoms with Crippen LogP contribution in [0, 0.1) is 11.8 Å². The maximum absolute atomic E-state index is 10.8. The van der Waals surface area contributed by atoms with Gasteiger partial charge >= 0.3 is 5.97 Å². The molecule has 0 amide bonds. The Morgan fingerprint density at radius 2 is 2.47 bits per heavy atom. The Balaban J connectivity index is 1.88. The molecule has 3 nitrogen and oxygen atoms in total. The Kier molecular flexibility index (Phi) is 5.42. The molecule has 0 spiro atoms. The average molecular weight is 346 g/mol. The van der Waals surface area contributed by atoms with E-state index in [1.807, 2.05) is 0 Å².